The molecule has 0 unspecified atom stereocenters. The first kappa shape index (κ1) is 10.4. The summed E-state index contributed by atoms with van der Waals surface area (Å²) < 4.78 is 18.5. The summed E-state index contributed by atoms with van der Waals surface area (Å²) in [7, 11) is 0. The number of carbonyl (C=O) groups is 1. The predicted octanol–water partition coefficient (Wildman–Crippen LogP) is 1.89. The molecule has 0 atom stereocenters. The fraction of sp³-hybridized carbons (Fsp3) is 0.0909. The summed E-state index contributed by atoms with van der Waals surface area (Å²) in [6.45, 7) is 1.58. The van der Waals surface area contributed by atoms with Gasteiger partial charge in [-0.25, -0.2) is 9.37 Å². The van der Waals surface area contributed by atoms with E-state index in [-0.39, 0.29) is 17.2 Å². The average molecular weight is 220 g/mol. The number of nitrogens with two attached hydrogens (primary N) is 1. The zero-order chi connectivity index (χ0) is 11.7. The van der Waals surface area contributed by atoms with Crippen LogP contribution < -0.4 is 5.73 Å². The van der Waals surface area contributed by atoms with Crippen LogP contribution in [0.3, 0.4) is 0 Å². The Morgan fingerprint density at radius 3 is 2.69 bits per heavy atom. The Morgan fingerprint density at radius 1 is 1.44 bits per heavy atom. The van der Waals surface area contributed by atoms with Gasteiger partial charge in [0.15, 0.2) is 0 Å². The zero-order valence-corrected chi connectivity index (χ0v) is 8.53. The van der Waals surface area contributed by atoms with Crippen LogP contribution in [-0.2, 0) is 0 Å². The third-order valence-corrected chi connectivity index (χ3v) is 2.12. The summed E-state index contributed by atoms with van der Waals surface area (Å²) in [5.41, 5.74) is 5.64. The number of amides is 1. The van der Waals surface area contributed by atoms with Crippen molar-refractivity contribution >= 4 is 5.91 Å². The van der Waals surface area contributed by atoms with Gasteiger partial charge in [0.1, 0.15) is 5.82 Å². The molecule has 0 aliphatic heterocycles. The molecule has 5 heteroatoms. The maximum atomic E-state index is 13.4. The lowest BCUT2D eigenvalue weighted by atomic mass is 10.2. The summed E-state index contributed by atoms with van der Waals surface area (Å²) in [5, 5.41) is 0. The van der Waals surface area contributed by atoms with E-state index < -0.39 is 11.7 Å². The van der Waals surface area contributed by atoms with Crippen molar-refractivity contribution in [2.45, 2.75) is 6.92 Å². The number of primary amides is 1. The number of aromatic nitrogens is 1. The van der Waals surface area contributed by atoms with Gasteiger partial charge in [0.25, 0.3) is 5.91 Å². The van der Waals surface area contributed by atoms with Gasteiger partial charge in [-0.2, -0.15) is 0 Å². The van der Waals surface area contributed by atoms with Crippen LogP contribution in [0.2, 0.25) is 0 Å². The Kier molecular flexibility index (Phi) is 2.44. The van der Waals surface area contributed by atoms with Crippen molar-refractivity contribution in [2.75, 3.05) is 0 Å². The van der Waals surface area contributed by atoms with E-state index in [1.165, 1.54) is 12.1 Å². The average Bonchev–Trinajstić information content (AvgIpc) is 2.61. The monoisotopic (exact) mass is 220 g/mol. The van der Waals surface area contributed by atoms with Crippen LogP contribution in [0.25, 0.3) is 11.5 Å². The molecule has 1 aromatic heterocycles. The maximum Gasteiger partial charge on any atom is 0.286 e. The minimum Gasteiger partial charge on any atom is -0.431 e. The van der Waals surface area contributed by atoms with Gasteiger partial charge in [0.05, 0.1) is 11.3 Å². The van der Waals surface area contributed by atoms with Crippen molar-refractivity contribution in [3.8, 4) is 11.5 Å². The highest BCUT2D eigenvalue weighted by atomic mass is 19.1. The molecular weight excluding hydrogens is 211 g/mol. The van der Waals surface area contributed by atoms with Gasteiger partial charge in [0.2, 0.25) is 11.7 Å². The highest BCUT2D eigenvalue weighted by Gasteiger charge is 2.17. The molecule has 1 amide bonds. The topological polar surface area (TPSA) is 69.1 Å². The summed E-state index contributed by atoms with van der Waals surface area (Å²) in [6.07, 6.45) is 0. The minimum absolute atomic E-state index is 0.0433. The number of hydrogen-bond acceptors (Lipinski definition) is 3. The maximum absolute atomic E-state index is 13.4. The number of rotatable bonds is 2. The lowest BCUT2D eigenvalue weighted by Crippen LogP contribution is -2.10. The van der Waals surface area contributed by atoms with E-state index in [2.05, 4.69) is 4.98 Å². The highest BCUT2D eigenvalue weighted by molar-refractivity contribution is 5.91. The Hall–Kier alpha value is -2.17. The van der Waals surface area contributed by atoms with Gasteiger partial charge < -0.3 is 10.2 Å². The second-order valence-electron chi connectivity index (χ2n) is 3.28. The van der Waals surface area contributed by atoms with Gasteiger partial charge in [-0.1, -0.05) is 12.1 Å². The van der Waals surface area contributed by atoms with Crippen molar-refractivity contribution in [3.05, 3.63) is 41.5 Å². The second-order valence-corrected chi connectivity index (χ2v) is 3.28. The van der Waals surface area contributed by atoms with Crippen LogP contribution in [0.15, 0.2) is 28.7 Å². The standard InChI is InChI=1S/C11H9FN2O2/c1-6-9(10(13)15)16-11(14-6)7-4-2-3-5-8(7)12/h2-5H,1H3,(H2,13,15). The van der Waals surface area contributed by atoms with Crippen molar-refractivity contribution in [2.24, 2.45) is 5.73 Å². The van der Waals surface area contributed by atoms with E-state index in [0.29, 0.717) is 5.69 Å². The quantitative estimate of drug-likeness (QED) is 0.840. The van der Waals surface area contributed by atoms with Crippen LogP contribution in [0.5, 0.6) is 0 Å². The Morgan fingerprint density at radius 2 is 2.12 bits per heavy atom. The summed E-state index contributed by atoms with van der Waals surface area (Å²) in [5.74, 6) is -1.16. The van der Waals surface area contributed by atoms with Gasteiger partial charge in [-0.15, -0.1) is 0 Å². The lowest BCUT2D eigenvalue weighted by molar-refractivity contribution is 0.0974. The third kappa shape index (κ3) is 1.67. The molecule has 1 heterocycles. The molecule has 2 rings (SSSR count). The SMILES string of the molecule is Cc1nc(-c2ccccc2F)oc1C(N)=O. The zero-order valence-electron chi connectivity index (χ0n) is 8.53. The molecule has 0 bridgehead atoms. The summed E-state index contributed by atoms with van der Waals surface area (Å²) in [4.78, 5) is 14.9. The normalized spacial score (nSPS) is 10.4. The molecule has 1 aromatic carbocycles. The van der Waals surface area contributed by atoms with Crippen LogP contribution in [0.4, 0.5) is 4.39 Å². The van der Waals surface area contributed by atoms with Gasteiger partial charge in [-0.3, -0.25) is 4.79 Å². The fourth-order valence-electron chi connectivity index (χ4n) is 1.37. The highest BCUT2D eigenvalue weighted by Crippen LogP contribution is 2.23. The summed E-state index contributed by atoms with van der Waals surface area (Å²) in [6, 6.07) is 6.02. The first-order valence-electron chi connectivity index (χ1n) is 4.61. The van der Waals surface area contributed by atoms with Crippen molar-refractivity contribution < 1.29 is 13.6 Å². The third-order valence-electron chi connectivity index (χ3n) is 2.12. The van der Waals surface area contributed by atoms with E-state index in [0.717, 1.165) is 0 Å². The van der Waals surface area contributed by atoms with E-state index in [1.807, 2.05) is 0 Å². The number of nitrogens with zero attached hydrogens (tertiary/aromatic N) is 1. The van der Waals surface area contributed by atoms with Crippen molar-refractivity contribution in [3.63, 3.8) is 0 Å². The van der Waals surface area contributed by atoms with Gasteiger partial charge in [-0.05, 0) is 19.1 Å². The van der Waals surface area contributed by atoms with Crippen LogP contribution >= 0.6 is 0 Å². The smallest absolute Gasteiger partial charge is 0.286 e. The number of aryl methyl sites for hydroxylation is 1. The number of benzene rings is 1. The lowest BCUT2D eigenvalue weighted by Gasteiger charge is -1.95. The first-order chi connectivity index (χ1) is 7.59. The fourth-order valence-corrected chi connectivity index (χ4v) is 1.37. The van der Waals surface area contributed by atoms with E-state index >= 15 is 0 Å². The largest absolute Gasteiger partial charge is 0.431 e. The number of hydrogen-bond donors (Lipinski definition) is 1. The van der Waals surface area contributed by atoms with Gasteiger partial charge >= 0.3 is 0 Å². The van der Waals surface area contributed by atoms with Crippen LogP contribution in [0.1, 0.15) is 16.2 Å². The number of halogens is 1. The molecule has 0 aliphatic carbocycles. The van der Waals surface area contributed by atoms with Crippen molar-refractivity contribution in [1.29, 1.82) is 0 Å². The Balaban J connectivity index is 2.54. The molecule has 16 heavy (non-hydrogen) atoms. The molecular formula is C11H9FN2O2. The molecule has 0 saturated heterocycles. The Bertz CT molecular complexity index is 549. The molecule has 2 N–H and O–H groups in total. The molecule has 82 valence electrons. The predicted molar refractivity (Wildman–Crippen MR) is 55.2 cm³/mol. The molecule has 0 fully saturated rings. The Labute approximate surface area is 90.9 Å². The van der Waals surface area contributed by atoms with Gasteiger partial charge in [0, 0.05) is 0 Å². The van der Waals surface area contributed by atoms with Crippen molar-refractivity contribution in [1.82, 2.24) is 4.98 Å². The summed E-state index contributed by atoms with van der Waals surface area (Å²) >= 11 is 0. The minimum atomic E-state index is -0.715. The van der Waals surface area contributed by atoms with E-state index in [9.17, 15) is 9.18 Å². The van der Waals surface area contributed by atoms with Crippen LogP contribution in [0, 0.1) is 12.7 Å². The molecule has 0 aliphatic rings. The van der Waals surface area contributed by atoms with E-state index in [1.54, 1.807) is 19.1 Å². The molecule has 4 nitrogen and oxygen atoms in total. The number of carbonyl (C=O) groups excluding carboxylic acids is 1. The molecule has 0 spiro atoms. The number of oxazole rings is 1. The molecule has 0 saturated carbocycles. The molecule has 0 radical (unpaired) electrons. The first-order valence-corrected chi connectivity index (χ1v) is 4.61. The second kappa shape index (κ2) is 3.77. The van der Waals surface area contributed by atoms with Crippen LogP contribution in [-0.4, -0.2) is 10.9 Å². The van der Waals surface area contributed by atoms with E-state index in [4.69, 9.17) is 10.2 Å². The molecule has 2 aromatic rings.